The molecule has 2 aromatic carbocycles. The molecule has 2 rings (SSSR count). The molecule has 5 nitrogen and oxygen atoms in total. The van der Waals surface area contributed by atoms with Crippen LogP contribution < -0.4 is 10.5 Å². The zero-order chi connectivity index (χ0) is 19.3. The summed E-state index contributed by atoms with van der Waals surface area (Å²) in [5, 5.41) is 9.99. The van der Waals surface area contributed by atoms with Gasteiger partial charge in [-0.1, -0.05) is 12.1 Å². The standard InChI is InChI=1S/C18H19F3N2O3/c1-23(17(25)12-6-8-13(22)9-7-12)10-14(24)11-26-16-5-3-2-4-15(16)18(19,20)21/h2-9,14,24H,10-11,22H2,1H3. The normalized spacial score (nSPS) is 12.5. The van der Waals surface area contributed by atoms with E-state index in [4.69, 9.17) is 10.5 Å². The lowest BCUT2D eigenvalue weighted by Crippen LogP contribution is -2.37. The van der Waals surface area contributed by atoms with Crippen LogP contribution in [0.25, 0.3) is 0 Å². The van der Waals surface area contributed by atoms with Crippen LogP contribution in [-0.4, -0.2) is 42.2 Å². The molecule has 8 heteroatoms. The highest BCUT2D eigenvalue weighted by atomic mass is 19.4. The van der Waals surface area contributed by atoms with Crippen molar-refractivity contribution in [2.45, 2.75) is 12.3 Å². The van der Waals surface area contributed by atoms with E-state index < -0.39 is 17.8 Å². The fourth-order valence-electron chi connectivity index (χ4n) is 2.31. The fourth-order valence-corrected chi connectivity index (χ4v) is 2.31. The van der Waals surface area contributed by atoms with Crippen molar-refractivity contribution in [1.29, 1.82) is 0 Å². The minimum atomic E-state index is -4.55. The molecule has 26 heavy (non-hydrogen) atoms. The maximum atomic E-state index is 12.9. The number of carbonyl (C=O) groups is 1. The average Bonchev–Trinajstić information content (AvgIpc) is 2.59. The molecule has 1 atom stereocenters. The van der Waals surface area contributed by atoms with Crippen LogP contribution in [0.15, 0.2) is 48.5 Å². The Morgan fingerprint density at radius 2 is 1.81 bits per heavy atom. The molecule has 0 aliphatic rings. The summed E-state index contributed by atoms with van der Waals surface area (Å²) >= 11 is 0. The van der Waals surface area contributed by atoms with E-state index in [1.165, 1.54) is 30.1 Å². The Hall–Kier alpha value is -2.74. The van der Waals surface area contributed by atoms with Crippen LogP contribution in [0.5, 0.6) is 5.75 Å². The van der Waals surface area contributed by atoms with Crippen molar-refractivity contribution < 1.29 is 27.8 Å². The van der Waals surface area contributed by atoms with Crippen molar-refractivity contribution >= 4 is 11.6 Å². The van der Waals surface area contributed by atoms with Gasteiger partial charge in [-0.2, -0.15) is 13.2 Å². The Kier molecular flexibility index (Phi) is 6.10. The first-order chi connectivity index (χ1) is 12.2. The minimum absolute atomic E-state index is 0.0998. The van der Waals surface area contributed by atoms with Gasteiger partial charge in [0, 0.05) is 24.8 Å². The number of benzene rings is 2. The molecule has 0 heterocycles. The molecule has 0 spiro atoms. The van der Waals surface area contributed by atoms with E-state index in [1.54, 1.807) is 24.3 Å². The highest BCUT2D eigenvalue weighted by molar-refractivity contribution is 5.94. The second-order valence-corrected chi connectivity index (χ2v) is 5.77. The summed E-state index contributed by atoms with van der Waals surface area (Å²) in [6.07, 6.45) is -5.71. The van der Waals surface area contributed by atoms with Crippen LogP contribution >= 0.6 is 0 Å². The van der Waals surface area contributed by atoms with Crippen LogP contribution in [0.2, 0.25) is 0 Å². The number of nitrogens with zero attached hydrogens (tertiary/aromatic N) is 1. The lowest BCUT2D eigenvalue weighted by Gasteiger charge is -2.22. The number of aliphatic hydroxyl groups excluding tert-OH is 1. The van der Waals surface area contributed by atoms with Crippen molar-refractivity contribution in [3.8, 4) is 5.75 Å². The highest BCUT2D eigenvalue weighted by Crippen LogP contribution is 2.35. The Morgan fingerprint density at radius 1 is 1.19 bits per heavy atom. The molecule has 0 saturated heterocycles. The molecule has 1 amide bonds. The second kappa shape index (κ2) is 8.09. The number of anilines is 1. The number of rotatable bonds is 6. The van der Waals surface area contributed by atoms with Gasteiger partial charge in [0.05, 0.1) is 5.56 Å². The largest absolute Gasteiger partial charge is 0.490 e. The number of nitrogen functional groups attached to an aromatic ring is 1. The summed E-state index contributed by atoms with van der Waals surface area (Å²) in [4.78, 5) is 13.5. The van der Waals surface area contributed by atoms with Gasteiger partial charge in [-0.25, -0.2) is 0 Å². The van der Waals surface area contributed by atoms with Crippen LogP contribution in [-0.2, 0) is 6.18 Å². The van der Waals surface area contributed by atoms with Crippen LogP contribution in [0.3, 0.4) is 0 Å². The quantitative estimate of drug-likeness (QED) is 0.769. The number of likely N-dealkylation sites (N-methyl/N-ethyl adjacent to an activating group) is 1. The predicted octanol–water partition coefficient (Wildman–Crippen LogP) is 2.80. The molecule has 140 valence electrons. The Morgan fingerprint density at radius 3 is 2.42 bits per heavy atom. The van der Waals surface area contributed by atoms with Gasteiger partial charge in [-0.3, -0.25) is 4.79 Å². The van der Waals surface area contributed by atoms with Gasteiger partial charge in [0.25, 0.3) is 5.91 Å². The van der Waals surface area contributed by atoms with Crippen LogP contribution in [0.1, 0.15) is 15.9 Å². The van der Waals surface area contributed by atoms with E-state index >= 15 is 0 Å². The molecule has 2 aromatic rings. The Bertz CT molecular complexity index is 748. The van der Waals surface area contributed by atoms with Gasteiger partial charge in [0.15, 0.2) is 0 Å². The predicted molar refractivity (Wildman–Crippen MR) is 90.8 cm³/mol. The van der Waals surface area contributed by atoms with E-state index in [0.717, 1.165) is 6.07 Å². The van der Waals surface area contributed by atoms with E-state index in [1.807, 2.05) is 0 Å². The third-order valence-electron chi connectivity index (χ3n) is 3.61. The first kappa shape index (κ1) is 19.6. The lowest BCUT2D eigenvalue weighted by atomic mass is 10.2. The first-order valence-corrected chi connectivity index (χ1v) is 7.76. The number of halogens is 3. The molecule has 1 unspecified atom stereocenters. The summed E-state index contributed by atoms with van der Waals surface area (Å²) in [5.41, 5.74) is 5.54. The maximum Gasteiger partial charge on any atom is 0.419 e. The smallest absolute Gasteiger partial charge is 0.419 e. The monoisotopic (exact) mass is 368 g/mol. The maximum absolute atomic E-state index is 12.9. The third-order valence-corrected chi connectivity index (χ3v) is 3.61. The zero-order valence-electron chi connectivity index (χ0n) is 14.0. The number of carbonyl (C=O) groups excluding carboxylic acids is 1. The molecule has 0 saturated carbocycles. The van der Waals surface area contributed by atoms with Gasteiger partial charge in [0.1, 0.15) is 18.5 Å². The topological polar surface area (TPSA) is 75.8 Å². The first-order valence-electron chi connectivity index (χ1n) is 7.76. The molecule has 0 fully saturated rings. The molecule has 0 bridgehead atoms. The van der Waals surface area contributed by atoms with Crippen molar-refractivity contribution in [2.75, 3.05) is 25.9 Å². The molecule has 0 aromatic heterocycles. The molecule has 0 aliphatic heterocycles. The van der Waals surface area contributed by atoms with E-state index in [2.05, 4.69) is 0 Å². The van der Waals surface area contributed by atoms with Gasteiger partial charge in [0.2, 0.25) is 0 Å². The average molecular weight is 368 g/mol. The number of alkyl halides is 3. The molecule has 0 aliphatic carbocycles. The highest BCUT2D eigenvalue weighted by Gasteiger charge is 2.34. The molecule has 3 N–H and O–H groups in total. The van der Waals surface area contributed by atoms with Gasteiger partial charge < -0.3 is 20.5 Å². The Labute approximate surface area is 148 Å². The van der Waals surface area contributed by atoms with Gasteiger partial charge >= 0.3 is 6.18 Å². The van der Waals surface area contributed by atoms with E-state index in [-0.39, 0.29) is 24.8 Å². The number of ether oxygens (including phenoxy) is 1. The van der Waals surface area contributed by atoms with Crippen LogP contribution in [0, 0.1) is 0 Å². The number of para-hydroxylation sites is 1. The van der Waals surface area contributed by atoms with Crippen LogP contribution in [0.4, 0.5) is 18.9 Å². The number of aliphatic hydroxyl groups is 1. The molecular weight excluding hydrogens is 349 g/mol. The third kappa shape index (κ3) is 5.13. The second-order valence-electron chi connectivity index (χ2n) is 5.77. The lowest BCUT2D eigenvalue weighted by molar-refractivity contribution is -0.139. The summed E-state index contributed by atoms with van der Waals surface area (Å²) in [7, 11) is 1.48. The van der Waals surface area contributed by atoms with Crippen molar-refractivity contribution in [3.05, 3.63) is 59.7 Å². The number of amides is 1. The van der Waals surface area contributed by atoms with Crippen molar-refractivity contribution in [2.24, 2.45) is 0 Å². The summed E-state index contributed by atoms with van der Waals surface area (Å²) in [6, 6.07) is 11.0. The van der Waals surface area contributed by atoms with Gasteiger partial charge in [-0.05, 0) is 36.4 Å². The number of hydrogen-bond acceptors (Lipinski definition) is 4. The van der Waals surface area contributed by atoms with E-state index in [9.17, 15) is 23.1 Å². The zero-order valence-corrected chi connectivity index (χ0v) is 14.0. The van der Waals surface area contributed by atoms with Gasteiger partial charge in [-0.15, -0.1) is 0 Å². The van der Waals surface area contributed by atoms with E-state index in [0.29, 0.717) is 11.3 Å². The number of nitrogens with two attached hydrogens (primary N) is 1. The van der Waals surface area contributed by atoms with Crippen molar-refractivity contribution in [1.82, 2.24) is 4.90 Å². The minimum Gasteiger partial charge on any atom is -0.490 e. The Balaban J connectivity index is 1.94. The summed E-state index contributed by atoms with van der Waals surface area (Å²) < 4.78 is 43.8. The SMILES string of the molecule is CN(CC(O)COc1ccccc1C(F)(F)F)C(=O)c1ccc(N)cc1. The number of hydrogen-bond donors (Lipinski definition) is 2. The fraction of sp³-hybridized carbons (Fsp3) is 0.278. The molecular formula is C18H19F3N2O3. The summed E-state index contributed by atoms with van der Waals surface area (Å²) in [6.45, 7) is -0.482. The summed E-state index contributed by atoms with van der Waals surface area (Å²) in [5.74, 6) is -0.716. The molecule has 0 radical (unpaired) electrons. The van der Waals surface area contributed by atoms with Crippen molar-refractivity contribution in [3.63, 3.8) is 0 Å².